The Kier molecular flexibility index (Phi) is 3.81. The molecule has 2 aliphatic heterocycles. The van der Waals surface area contributed by atoms with Crippen LogP contribution in [0.2, 0.25) is 0 Å². The maximum Gasteiger partial charge on any atom is 0.120 e. The topological polar surface area (TPSA) is 50.5 Å². The number of anilines is 1. The Labute approximate surface area is 125 Å². The van der Waals surface area contributed by atoms with Crippen LogP contribution in [-0.2, 0) is 0 Å². The van der Waals surface area contributed by atoms with Crippen LogP contribution in [0.1, 0.15) is 24.8 Å². The van der Waals surface area contributed by atoms with E-state index in [0.717, 1.165) is 17.0 Å². The van der Waals surface area contributed by atoms with Crippen LogP contribution >= 0.6 is 12.2 Å². The molecule has 2 unspecified atom stereocenters. The molecule has 1 aromatic carbocycles. The maximum absolute atomic E-state index is 5.83. The van der Waals surface area contributed by atoms with Crippen molar-refractivity contribution in [3.63, 3.8) is 0 Å². The summed E-state index contributed by atoms with van der Waals surface area (Å²) >= 11 is 5.15. The zero-order chi connectivity index (χ0) is 14.1. The lowest BCUT2D eigenvalue weighted by atomic mass is 10.0. The van der Waals surface area contributed by atoms with Gasteiger partial charge in [-0.3, -0.25) is 4.90 Å². The van der Waals surface area contributed by atoms with Gasteiger partial charge in [-0.05, 0) is 37.9 Å². The fourth-order valence-electron chi connectivity index (χ4n) is 3.44. The van der Waals surface area contributed by atoms with E-state index in [9.17, 15) is 0 Å². The fourth-order valence-corrected chi connectivity index (χ4v) is 3.61. The van der Waals surface area contributed by atoms with Crippen LogP contribution in [0.25, 0.3) is 0 Å². The van der Waals surface area contributed by atoms with Gasteiger partial charge in [-0.15, -0.1) is 0 Å². The maximum atomic E-state index is 5.83. The lowest BCUT2D eigenvalue weighted by Gasteiger charge is -2.23. The summed E-state index contributed by atoms with van der Waals surface area (Å²) in [6, 6.07) is 6.96. The molecule has 3 rings (SSSR count). The number of nitrogens with one attached hydrogen (secondary N) is 1. The lowest BCUT2D eigenvalue weighted by Crippen LogP contribution is -2.34. The average Bonchev–Trinajstić information content (AvgIpc) is 3.03. The molecule has 0 radical (unpaired) electrons. The summed E-state index contributed by atoms with van der Waals surface area (Å²) in [5.41, 5.74) is 7.72. The van der Waals surface area contributed by atoms with Crippen LogP contribution < -0.4 is 15.8 Å². The van der Waals surface area contributed by atoms with Crippen LogP contribution in [0.15, 0.2) is 18.2 Å². The van der Waals surface area contributed by atoms with E-state index in [1.54, 1.807) is 7.11 Å². The van der Waals surface area contributed by atoms with E-state index in [1.807, 2.05) is 18.2 Å². The molecule has 3 N–H and O–H groups in total. The number of methoxy groups -OCH3 is 1. The van der Waals surface area contributed by atoms with Gasteiger partial charge in [0.25, 0.3) is 0 Å². The molecule has 0 aromatic heterocycles. The Bertz CT molecular complexity index is 520. The molecule has 2 aliphatic rings. The first kappa shape index (κ1) is 13.6. The summed E-state index contributed by atoms with van der Waals surface area (Å²) in [5.74, 6) is 0.828. The highest BCUT2D eigenvalue weighted by Gasteiger charge is 2.37. The highest BCUT2D eigenvalue weighted by molar-refractivity contribution is 7.80. The van der Waals surface area contributed by atoms with Crippen LogP contribution in [0.3, 0.4) is 0 Å². The van der Waals surface area contributed by atoms with Crippen LogP contribution in [0.5, 0.6) is 5.75 Å². The average molecular weight is 291 g/mol. The minimum absolute atomic E-state index is 0.427. The normalized spacial score (nSPS) is 25.4. The summed E-state index contributed by atoms with van der Waals surface area (Å²) in [6.07, 6.45) is 3.77. The third-order valence-corrected chi connectivity index (χ3v) is 4.66. The predicted molar refractivity (Wildman–Crippen MR) is 85.5 cm³/mol. The van der Waals surface area contributed by atoms with Crippen molar-refractivity contribution in [2.75, 3.05) is 25.5 Å². The molecule has 0 amide bonds. The second-order valence-corrected chi connectivity index (χ2v) is 6.00. The second-order valence-electron chi connectivity index (χ2n) is 5.56. The van der Waals surface area contributed by atoms with Gasteiger partial charge in [0.1, 0.15) is 10.7 Å². The van der Waals surface area contributed by atoms with Crippen molar-refractivity contribution in [1.82, 2.24) is 4.90 Å². The van der Waals surface area contributed by atoms with E-state index in [4.69, 9.17) is 22.7 Å². The molecule has 0 spiro atoms. The number of fused-ring (bicyclic) bond motifs is 1. The standard InChI is InChI=1S/C15H21N3OS/c1-19-10-4-5-11(15(16)20)13(9-10)17-12-6-8-18-7-2-3-14(12)18/h4-5,9,12,14,17H,2-3,6-8H2,1H3,(H2,16,20). The summed E-state index contributed by atoms with van der Waals surface area (Å²) in [6.45, 7) is 2.43. The Morgan fingerprint density at radius 1 is 1.40 bits per heavy atom. The van der Waals surface area contributed by atoms with Gasteiger partial charge in [0.2, 0.25) is 0 Å². The van der Waals surface area contributed by atoms with Crippen molar-refractivity contribution >= 4 is 22.9 Å². The summed E-state index contributed by atoms with van der Waals surface area (Å²) in [4.78, 5) is 3.01. The van der Waals surface area contributed by atoms with Gasteiger partial charge in [-0.25, -0.2) is 0 Å². The highest BCUT2D eigenvalue weighted by atomic mass is 32.1. The van der Waals surface area contributed by atoms with Gasteiger partial charge < -0.3 is 15.8 Å². The molecule has 0 bridgehead atoms. The van der Waals surface area contributed by atoms with Crippen molar-refractivity contribution in [2.24, 2.45) is 5.73 Å². The van der Waals surface area contributed by atoms with Crippen molar-refractivity contribution in [3.8, 4) is 5.75 Å². The molecule has 5 heteroatoms. The first-order valence-corrected chi connectivity index (χ1v) is 7.58. The Hall–Kier alpha value is -1.33. The van der Waals surface area contributed by atoms with Crippen molar-refractivity contribution in [2.45, 2.75) is 31.3 Å². The largest absolute Gasteiger partial charge is 0.497 e. The summed E-state index contributed by atoms with van der Waals surface area (Å²) < 4.78 is 5.31. The summed E-state index contributed by atoms with van der Waals surface area (Å²) in [5, 5.41) is 3.65. The van der Waals surface area contributed by atoms with Gasteiger partial charge in [0.05, 0.1) is 7.11 Å². The van der Waals surface area contributed by atoms with Crippen molar-refractivity contribution in [1.29, 1.82) is 0 Å². The van der Waals surface area contributed by atoms with Gasteiger partial charge in [0, 0.05) is 35.9 Å². The van der Waals surface area contributed by atoms with E-state index in [1.165, 1.54) is 32.4 Å². The zero-order valence-electron chi connectivity index (χ0n) is 11.8. The molecular weight excluding hydrogens is 270 g/mol. The van der Waals surface area contributed by atoms with E-state index < -0.39 is 0 Å². The number of benzene rings is 1. The molecule has 2 fully saturated rings. The van der Waals surface area contributed by atoms with E-state index in [2.05, 4.69) is 10.2 Å². The minimum Gasteiger partial charge on any atom is -0.497 e. The fraction of sp³-hybridized carbons (Fsp3) is 0.533. The number of rotatable bonds is 4. The van der Waals surface area contributed by atoms with Crippen molar-refractivity contribution in [3.05, 3.63) is 23.8 Å². The molecule has 108 valence electrons. The number of hydrogen-bond donors (Lipinski definition) is 2. The molecule has 20 heavy (non-hydrogen) atoms. The number of hydrogen-bond acceptors (Lipinski definition) is 4. The van der Waals surface area contributed by atoms with Crippen LogP contribution in [-0.4, -0.2) is 42.2 Å². The molecule has 2 heterocycles. The van der Waals surface area contributed by atoms with E-state index >= 15 is 0 Å². The smallest absolute Gasteiger partial charge is 0.120 e. The Morgan fingerprint density at radius 3 is 3.00 bits per heavy atom. The quantitative estimate of drug-likeness (QED) is 0.831. The molecule has 0 aliphatic carbocycles. The monoisotopic (exact) mass is 291 g/mol. The third-order valence-electron chi connectivity index (χ3n) is 4.44. The first-order valence-electron chi connectivity index (χ1n) is 7.17. The van der Waals surface area contributed by atoms with Crippen molar-refractivity contribution < 1.29 is 4.74 Å². The molecule has 2 saturated heterocycles. The van der Waals surface area contributed by atoms with Gasteiger partial charge >= 0.3 is 0 Å². The third kappa shape index (κ3) is 2.47. The molecular formula is C15H21N3OS. The van der Waals surface area contributed by atoms with Gasteiger partial charge in [0.15, 0.2) is 0 Å². The molecule has 2 atom stereocenters. The Morgan fingerprint density at radius 2 is 2.25 bits per heavy atom. The predicted octanol–water partition coefficient (Wildman–Crippen LogP) is 1.98. The van der Waals surface area contributed by atoms with E-state index in [0.29, 0.717) is 17.1 Å². The van der Waals surface area contributed by atoms with E-state index in [-0.39, 0.29) is 0 Å². The number of ether oxygens (including phenoxy) is 1. The highest BCUT2D eigenvalue weighted by Crippen LogP contribution is 2.32. The Balaban J connectivity index is 1.83. The second kappa shape index (κ2) is 5.58. The summed E-state index contributed by atoms with van der Waals surface area (Å²) in [7, 11) is 1.67. The number of nitrogens with zero attached hydrogens (tertiary/aromatic N) is 1. The van der Waals surface area contributed by atoms with Crippen LogP contribution in [0.4, 0.5) is 5.69 Å². The van der Waals surface area contributed by atoms with Gasteiger partial charge in [-0.2, -0.15) is 0 Å². The number of nitrogens with two attached hydrogens (primary N) is 1. The zero-order valence-corrected chi connectivity index (χ0v) is 12.6. The molecule has 4 nitrogen and oxygen atoms in total. The molecule has 0 saturated carbocycles. The molecule has 1 aromatic rings. The first-order chi connectivity index (χ1) is 9.69. The minimum atomic E-state index is 0.427. The SMILES string of the molecule is COc1ccc(C(N)=S)c(NC2CCN3CCCC23)c1. The van der Waals surface area contributed by atoms with Crippen LogP contribution in [0, 0.1) is 0 Å². The van der Waals surface area contributed by atoms with Gasteiger partial charge in [-0.1, -0.05) is 12.2 Å². The number of thiocarbonyl (C=S) groups is 1. The lowest BCUT2D eigenvalue weighted by molar-refractivity contribution is 0.318.